The smallest absolute Gasteiger partial charge is 0.263 e. The van der Waals surface area contributed by atoms with E-state index in [0.717, 1.165) is 0 Å². The Labute approximate surface area is 126 Å². The van der Waals surface area contributed by atoms with Gasteiger partial charge in [0.05, 0.1) is 6.54 Å². The third kappa shape index (κ3) is 6.29. The van der Waals surface area contributed by atoms with Crippen LogP contribution in [-0.2, 0) is 9.59 Å². The Morgan fingerprint density at radius 3 is 2.33 bits per heavy atom. The van der Waals surface area contributed by atoms with E-state index in [1.54, 1.807) is 26.1 Å². The van der Waals surface area contributed by atoms with Crippen LogP contribution in [0, 0.1) is 0 Å². The van der Waals surface area contributed by atoms with E-state index in [4.69, 9.17) is 4.74 Å². The lowest BCUT2D eigenvalue weighted by Crippen LogP contribution is -2.48. The normalized spacial score (nSPS) is 12.4. The van der Waals surface area contributed by atoms with Crippen molar-refractivity contribution in [2.24, 2.45) is 0 Å². The van der Waals surface area contributed by atoms with E-state index in [9.17, 15) is 9.59 Å². The lowest BCUT2D eigenvalue weighted by Gasteiger charge is -2.25. The number of para-hydroxylation sites is 1. The van der Waals surface area contributed by atoms with Gasteiger partial charge in [-0.05, 0) is 39.8 Å². The van der Waals surface area contributed by atoms with Gasteiger partial charge in [-0.25, -0.2) is 0 Å². The number of carbonyl (C=O) groups is 2. The quantitative estimate of drug-likeness (QED) is 0.900. The zero-order valence-electron chi connectivity index (χ0n) is 13.3. The van der Waals surface area contributed by atoms with E-state index in [1.807, 2.05) is 39.0 Å². The fourth-order valence-electron chi connectivity index (χ4n) is 1.82. The molecule has 0 bridgehead atoms. The number of rotatable bonds is 5. The molecule has 0 saturated heterocycles. The SMILES string of the molecule is C[C@@H](Oc1ccccc1)C(=O)N(C)CC(=O)NC(C)(C)C. The second-order valence-electron chi connectivity index (χ2n) is 6.07. The van der Waals surface area contributed by atoms with Gasteiger partial charge < -0.3 is 15.0 Å². The molecule has 116 valence electrons. The maximum absolute atomic E-state index is 12.2. The fourth-order valence-corrected chi connectivity index (χ4v) is 1.82. The highest BCUT2D eigenvalue weighted by molar-refractivity contribution is 5.87. The Bertz CT molecular complexity index is 480. The number of nitrogens with zero attached hydrogens (tertiary/aromatic N) is 1. The van der Waals surface area contributed by atoms with Gasteiger partial charge >= 0.3 is 0 Å². The largest absolute Gasteiger partial charge is 0.481 e. The Kier molecular flexibility index (Phi) is 5.76. The highest BCUT2D eigenvalue weighted by Gasteiger charge is 2.22. The minimum atomic E-state index is -0.639. The summed E-state index contributed by atoms with van der Waals surface area (Å²) in [5, 5.41) is 2.82. The number of ether oxygens (including phenoxy) is 1. The third-order valence-electron chi connectivity index (χ3n) is 2.68. The van der Waals surface area contributed by atoms with Crippen LogP contribution in [0.3, 0.4) is 0 Å². The van der Waals surface area contributed by atoms with Crippen molar-refractivity contribution in [2.75, 3.05) is 13.6 Å². The molecule has 0 spiro atoms. The van der Waals surface area contributed by atoms with Crippen molar-refractivity contribution in [1.29, 1.82) is 0 Å². The van der Waals surface area contributed by atoms with Crippen LogP contribution in [0.25, 0.3) is 0 Å². The molecule has 5 nitrogen and oxygen atoms in total. The second kappa shape index (κ2) is 7.11. The zero-order valence-corrected chi connectivity index (χ0v) is 13.3. The van der Waals surface area contributed by atoms with Crippen molar-refractivity contribution in [3.63, 3.8) is 0 Å². The lowest BCUT2D eigenvalue weighted by atomic mass is 10.1. The molecule has 1 atom stereocenters. The average molecular weight is 292 g/mol. The van der Waals surface area contributed by atoms with Crippen molar-refractivity contribution in [3.05, 3.63) is 30.3 Å². The summed E-state index contributed by atoms with van der Waals surface area (Å²) >= 11 is 0. The predicted molar refractivity (Wildman–Crippen MR) is 82.1 cm³/mol. The molecule has 0 saturated carbocycles. The van der Waals surface area contributed by atoms with E-state index in [0.29, 0.717) is 5.75 Å². The lowest BCUT2D eigenvalue weighted by molar-refractivity contribution is -0.140. The number of carbonyl (C=O) groups excluding carboxylic acids is 2. The molecule has 0 heterocycles. The number of hydrogen-bond acceptors (Lipinski definition) is 3. The van der Waals surface area contributed by atoms with Crippen LogP contribution >= 0.6 is 0 Å². The van der Waals surface area contributed by atoms with E-state index >= 15 is 0 Å². The van der Waals surface area contributed by atoms with Gasteiger partial charge in [-0.3, -0.25) is 9.59 Å². The van der Waals surface area contributed by atoms with Gasteiger partial charge in [-0.2, -0.15) is 0 Å². The average Bonchev–Trinajstić information content (AvgIpc) is 2.36. The van der Waals surface area contributed by atoms with Gasteiger partial charge in [0.1, 0.15) is 5.75 Å². The van der Waals surface area contributed by atoms with Crippen LogP contribution in [0.2, 0.25) is 0 Å². The molecule has 1 rings (SSSR count). The molecule has 5 heteroatoms. The topological polar surface area (TPSA) is 58.6 Å². The summed E-state index contributed by atoms with van der Waals surface area (Å²) < 4.78 is 5.56. The molecular formula is C16H24N2O3. The molecule has 0 fully saturated rings. The number of hydrogen-bond donors (Lipinski definition) is 1. The summed E-state index contributed by atoms with van der Waals surface area (Å²) in [6, 6.07) is 9.13. The summed E-state index contributed by atoms with van der Waals surface area (Å²) in [6.07, 6.45) is -0.639. The standard InChI is InChI=1S/C16H24N2O3/c1-12(21-13-9-7-6-8-10-13)15(20)18(5)11-14(19)17-16(2,3)4/h6-10,12H,11H2,1-5H3,(H,17,19)/t12-/m1/s1. The van der Waals surface area contributed by atoms with Crippen molar-refractivity contribution in [1.82, 2.24) is 10.2 Å². The molecule has 21 heavy (non-hydrogen) atoms. The van der Waals surface area contributed by atoms with Crippen LogP contribution in [0.5, 0.6) is 5.75 Å². The van der Waals surface area contributed by atoms with E-state index in [-0.39, 0.29) is 23.9 Å². The fraction of sp³-hybridized carbons (Fsp3) is 0.500. The molecule has 0 aliphatic carbocycles. The Morgan fingerprint density at radius 1 is 1.24 bits per heavy atom. The van der Waals surface area contributed by atoms with E-state index in [1.165, 1.54) is 4.90 Å². The molecule has 0 unspecified atom stereocenters. The maximum atomic E-state index is 12.2. The molecule has 0 aliphatic rings. The first kappa shape index (κ1) is 17.0. The van der Waals surface area contributed by atoms with Crippen molar-refractivity contribution >= 4 is 11.8 Å². The first-order valence-corrected chi connectivity index (χ1v) is 6.97. The Morgan fingerprint density at radius 2 is 1.81 bits per heavy atom. The summed E-state index contributed by atoms with van der Waals surface area (Å²) in [6.45, 7) is 7.38. The van der Waals surface area contributed by atoms with Crippen LogP contribution < -0.4 is 10.1 Å². The van der Waals surface area contributed by atoms with Crippen LogP contribution in [-0.4, -0.2) is 41.9 Å². The summed E-state index contributed by atoms with van der Waals surface area (Å²) in [4.78, 5) is 25.3. The number of nitrogens with one attached hydrogen (secondary N) is 1. The van der Waals surface area contributed by atoms with Gasteiger partial charge in [-0.15, -0.1) is 0 Å². The minimum absolute atomic E-state index is 0.0125. The zero-order chi connectivity index (χ0) is 16.0. The number of benzene rings is 1. The summed E-state index contributed by atoms with van der Waals surface area (Å²) in [5.41, 5.74) is -0.312. The van der Waals surface area contributed by atoms with Crippen LogP contribution in [0.15, 0.2) is 30.3 Å². The molecule has 0 radical (unpaired) electrons. The summed E-state index contributed by atoms with van der Waals surface area (Å²) in [7, 11) is 1.59. The van der Waals surface area contributed by atoms with Crippen LogP contribution in [0.1, 0.15) is 27.7 Å². The van der Waals surface area contributed by atoms with Gasteiger partial charge in [0.25, 0.3) is 5.91 Å². The molecule has 1 N–H and O–H groups in total. The third-order valence-corrected chi connectivity index (χ3v) is 2.68. The molecule has 0 aliphatic heterocycles. The number of amides is 2. The Hall–Kier alpha value is -2.04. The first-order chi connectivity index (χ1) is 9.69. The van der Waals surface area contributed by atoms with Crippen LogP contribution in [0.4, 0.5) is 0 Å². The van der Waals surface area contributed by atoms with Gasteiger partial charge in [0.2, 0.25) is 5.91 Å². The highest BCUT2D eigenvalue weighted by Crippen LogP contribution is 2.11. The minimum Gasteiger partial charge on any atom is -0.481 e. The van der Waals surface area contributed by atoms with Crippen molar-refractivity contribution < 1.29 is 14.3 Å². The van der Waals surface area contributed by atoms with Gasteiger partial charge in [-0.1, -0.05) is 18.2 Å². The Balaban J connectivity index is 2.52. The highest BCUT2D eigenvalue weighted by atomic mass is 16.5. The molecule has 2 amide bonds. The molecule has 0 aromatic heterocycles. The number of likely N-dealkylation sites (N-methyl/N-ethyl adjacent to an activating group) is 1. The summed E-state index contributed by atoms with van der Waals surface area (Å²) in [5.74, 6) is 0.207. The second-order valence-corrected chi connectivity index (χ2v) is 6.07. The van der Waals surface area contributed by atoms with E-state index in [2.05, 4.69) is 5.32 Å². The first-order valence-electron chi connectivity index (χ1n) is 6.97. The van der Waals surface area contributed by atoms with Crippen molar-refractivity contribution in [3.8, 4) is 5.75 Å². The monoisotopic (exact) mass is 292 g/mol. The van der Waals surface area contributed by atoms with E-state index < -0.39 is 6.10 Å². The molecular weight excluding hydrogens is 268 g/mol. The molecule has 1 aromatic rings. The van der Waals surface area contributed by atoms with Crippen molar-refractivity contribution in [2.45, 2.75) is 39.3 Å². The maximum Gasteiger partial charge on any atom is 0.263 e. The van der Waals surface area contributed by atoms with Gasteiger partial charge in [0.15, 0.2) is 6.10 Å². The van der Waals surface area contributed by atoms with Gasteiger partial charge in [0, 0.05) is 12.6 Å². The predicted octanol–water partition coefficient (Wildman–Crippen LogP) is 1.83. The molecule has 1 aromatic carbocycles.